The molecule has 1 heterocycles. The van der Waals surface area contributed by atoms with Gasteiger partial charge in [-0.3, -0.25) is 4.90 Å². The lowest BCUT2D eigenvalue weighted by molar-refractivity contribution is -0.0632. The van der Waals surface area contributed by atoms with Crippen LogP contribution >= 0.6 is 0 Å². The smallest absolute Gasteiger partial charge is 0.412 e. The van der Waals surface area contributed by atoms with Crippen LogP contribution < -0.4 is 5.73 Å². The molecule has 0 aliphatic carbocycles. The van der Waals surface area contributed by atoms with Crippen molar-refractivity contribution in [2.45, 2.75) is 71.0 Å². The SMILES string of the molecule is CC(C)(C)OC(=O)N1[C@@H](C[C@H](F)CCN)COC1(C)C. The third-order valence-electron chi connectivity index (χ3n) is 3.17. The van der Waals surface area contributed by atoms with Crippen molar-refractivity contribution >= 4 is 6.09 Å². The molecule has 1 amide bonds. The number of rotatable bonds is 4. The summed E-state index contributed by atoms with van der Waals surface area (Å²) in [6, 6.07) is -0.318. The first-order chi connectivity index (χ1) is 9.07. The maximum atomic E-state index is 13.8. The highest BCUT2D eigenvalue weighted by Gasteiger charge is 2.46. The summed E-state index contributed by atoms with van der Waals surface area (Å²) < 4.78 is 24.8. The Kier molecular flexibility index (Phi) is 5.38. The molecule has 1 fully saturated rings. The molecule has 5 nitrogen and oxygen atoms in total. The van der Waals surface area contributed by atoms with E-state index in [1.165, 1.54) is 4.90 Å². The van der Waals surface area contributed by atoms with E-state index in [4.69, 9.17) is 15.2 Å². The van der Waals surface area contributed by atoms with Crippen LogP contribution in [0.5, 0.6) is 0 Å². The number of hydrogen-bond donors (Lipinski definition) is 1. The third-order valence-corrected chi connectivity index (χ3v) is 3.17. The molecule has 2 atom stereocenters. The van der Waals surface area contributed by atoms with Gasteiger partial charge in [0.2, 0.25) is 0 Å². The van der Waals surface area contributed by atoms with Crippen LogP contribution in [0.15, 0.2) is 0 Å². The number of alkyl halides is 1. The first-order valence-electron chi connectivity index (χ1n) is 7.07. The Balaban J connectivity index is 2.77. The lowest BCUT2D eigenvalue weighted by atomic mass is 10.1. The predicted molar refractivity (Wildman–Crippen MR) is 75.1 cm³/mol. The Morgan fingerprint density at radius 2 is 2.15 bits per heavy atom. The van der Waals surface area contributed by atoms with E-state index in [-0.39, 0.29) is 12.5 Å². The summed E-state index contributed by atoms with van der Waals surface area (Å²) in [7, 11) is 0. The van der Waals surface area contributed by atoms with Crippen LogP contribution in [0.3, 0.4) is 0 Å². The number of hydrogen-bond acceptors (Lipinski definition) is 4. The Morgan fingerprint density at radius 3 is 2.65 bits per heavy atom. The normalized spacial score (nSPS) is 23.8. The zero-order chi connectivity index (χ0) is 15.6. The van der Waals surface area contributed by atoms with Gasteiger partial charge < -0.3 is 15.2 Å². The minimum Gasteiger partial charge on any atom is -0.444 e. The lowest BCUT2D eigenvalue weighted by Gasteiger charge is -2.35. The summed E-state index contributed by atoms with van der Waals surface area (Å²) in [6.45, 7) is 9.59. The molecule has 0 bridgehead atoms. The van der Waals surface area contributed by atoms with Crippen LogP contribution in [0.1, 0.15) is 47.5 Å². The van der Waals surface area contributed by atoms with E-state index < -0.39 is 23.6 Å². The van der Waals surface area contributed by atoms with Crippen molar-refractivity contribution in [3.05, 3.63) is 0 Å². The van der Waals surface area contributed by atoms with Crippen LogP contribution in [-0.4, -0.2) is 47.7 Å². The number of halogens is 1. The highest BCUT2D eigenvalue weighted by molar-refractivity contribution is 5.69. The number of nitrogens with two attached hydrogens (primary N) is 1. The van der Waals surface area contributed by atoms with E-state index in [1.807, 2.05) is 0 Å². The maximum Gasteiger partial charge on any atom is 0.412 e. The predicted octanol–water partition coefficient (Wildman–Crippen LogP) is 2.44. The van der Waals surface area contributed by atoms with Gasteiger partial charge in [-0.2, -0.15) is 0 Å². The fourth-order valence-corrected chi connectivity index (χ4v) is 2.33. The highest BCUT2D eigenvalue weighted by atomic mass is 19.1. The zero-order valence-electron chi connectivity index (χ0n) is 13.1. The van der Waals surface area contributed by atoms with Crippen molar-refractivity contribution in [2.24, 2.45) is 5.73 Å². The second kappa shape index (κ2) is 6.26. The monoisotopic (exact) mass is 290 g/mol. The lowest BCUT2D eigenvalue weighted by Crippen LogP contribution is -2.50. The van der Waals surface area contributed by atoms with Gasteiger partial charge in [-0.1, -0.05) is 0 Å². The van der Waals surface area contributed by atoms with Gasteiger partial charge in [0.05, 0.1) is 12.6 Å². The van der Waals surface area contributed by atoms with Gasteiger partial charge in [-0.05, 0) is 47.6 Å². The summed E-state index contributed by atoms with van der Waals surface area (Å²) in [5.74, 6) is 0. The second-order valence-electron chi connectivity index (χ2n) is 6.67. The molecular formula is C14H27FN2O3. The van der Waals surface area contributed by atoms with Gasteiger partial charge >= 0.3 is 6.09 Å². The van der Waals surface area contributed by atoms with E-state index in [2.05, 4.69) is 0 Å². The van der Waals surface area contributed by atoms with Crippen LogP contribution in [0.4, 0.5) is 9.18 Å². The molecule has 0 saturated carbocycles. The third kappa shape index (κ3) is 4.59. The van der Waals surface area contributed by atoms with Crippen molar-refractivity contribution < 1.29 is 18.7 Å². The molecule has 0 aromatic carbocycles. The molecule has 118 valence electrons. The van der Waals surface area contributed by atoms with Crippen molar-refractivity contribution in [1.29, 1.82) is 0 Å². The zero-order valence-corrected chi connectivity index (χ0v) is 13.1. The largest absolute Gasteiger partial charge is 0.444 e. The van der Waals surface area contributed by atoms with E-state index >= 15 is 0 Å². The number of nitrogens with zero attached hydrogens (tertiary/aromatic N) is 1. The van der Waals surface area contributed by atoms with E-state index in [0.717, 1.165) is 0 Å². The minimum atomic E-state index is -1.03. The summed E-state index contributed by atoms with van der Waals surface area (Å²) in [4.78, 5) is 13.8. The van der Waals surface area contributed by atoms with Gasteiger partial charge in [-0.15, -0.1) is 0 Å². The van der Waals surface area contributed by atoms with E-state index in [0.29, 0.717) is 19.6 Å². The minimum absolute atomic E-state index is 0.222. The molecular weight excluding hydrogens is 263 g/mol. The average molecular weight is 290 g/mol. The maximum absolute atomic E-state index is 13.8. The summed E-state index contributed by atoms with van der Waals surface area (Å²) >= 11 is 0. The summed E-state index contributed by atoms with van der Waals surface area (Å²) in [5.41, 5.74) is 3.99. The van der Waals surface area contributed by atoms with Crippen molar-refractivity contribution in [1.82, 2.24) is 4.90 Å². The molecule has 0 unspecified atom stereocenters. The molecule has 1 aliphatic rings. The summed E-state index contributed by atoms with van der Waals surface area (Å²) in [5, 5.41) is 0. The fraction of sp³-hybridized carbons (Fsp3) is 0.929. The standard InChI is InChI=1S/C14H27FN2O3/c1-13(2,3)20-12(18)17-11(8-10(15)6-7-16)9-19-14(17,4)5/h10-11H,6-9,16H2,1-5H3/t10-,11+/m1/s1. The van der Waals surface area contributed by atoms with E-state index in [9.17, 15) is 9.18 Å². The molecule has 2 N–H and O–H groups in total. The van der Waals surface area contributed by atoms with Crippen molar-refractivity contribution in [2.75, 3.05) is 13.2 Å². The molecule has 1 rings (SSSR count). The van der Waals surface area contributed by atoms with Crippen LogP contribution in [0.25, 0.3) is 0 Å². The number of carbonyl (C=O) groups excluding carboxylic acids is 1. The van der Waals surface area contributed by atoms with Gasteiger partial charge in [0.25, 0.3) is 0 Å². The first-order valence-corrected chi connectivity index (χ1v) is 7.07. The number of carbonyl (C=O) groups is 1. The first kappa shape index (κ1) is 17.2. The van der Waals surface area contributed by atoms with Crippen molar-refractivity contribution in [3.63, 3.8) is 0 Å². The molecule has 0 aromatic rings. The molecule has 0 radical (unpaired) electrons. The summed E-state index contributed by atoms with van der Waals surface area (Å²) in [6.07, 6.45) is -0.990. The Morgan fingerprint density at radius 1 is 1.55 bits per heavy atom. The van der Waals surface area contributed by atoms with Gasteiger partial charge in [0, 0.05) is 6.42 Å². The van der Waals surface area contributed by atoms with Crippen LogP contribution in [0.2, 0.25) is 0 Å². The van der Waals surface area contributed by atoms with Crippen LogP contribution in [0, 0.1) is 0 Å². The molecule has 1 aliphatic heterocycles. The molecule has 0 aromatic heterocycles. The highest BCUT2D eigenvalue weighted by Crippen LogP contribution is 2.32. The van der Waals surface area contributed by atoms with Crippen molar-refractivity contribution in [3.8, 4) is 0 Å². The Labute approximate surface area is 120 Å². The molecule has 20 heavy (non-hydrogen) atoms. The second-order valence-corrected chi connectivity index (χ2v) is 6.67. The van der Waals surface area contributed by atoms with Gasteiger partial charge in [-0.25, -0.2) is 9.18 Å². The molecule has 1 saturated heterocycles. The Hall–Kier alpha value is -0.880. The Bertz CT molecular complexity index is 342. The van der Waals surface area contributed by atoms with E-state index in [1.54, 1.807) is 34.6 Å². The molecule has 0 spiro atoms. The quantitative estimate of drug-likeness (QED) is 0.863. The topological polar surface area (TPSA) is 64.8 Å². The van der Waals surface area contributed by atoms with Gasteiger partial charge in [0.15, 0.2) is 0 Å². The average Bonchev–Trinajstić information content (AvgIpc) is 2.51. The number of ether oxygens (including phenoxy) is 2. The van der Waals surface area contributed by atoms with Gasteiger partial charge in [0.1, 0.15) is 17.5 Å². The number of amides is 1. The fourth-order valence-electron chi connectivity index (χ4n) is 2.33. The van der Waals surface area contributed by atoms with Crippen LogP contribution in [-0.2, 0) is 9.47 Å². The molecule has 6 heteroatoms.